The molecule has 2 aliphatic rings. The largest absolute Gasteiger partial charge is 0.445 e. The number of rotatable bonds is 4. The maximum Gasteiger partial charge on any atom is 0.410 e. The molecule has 2 aliphatic heterocycles. The Morgan fingerprint density at radius 1 is 1.23 bits per heavy atom. The molecule has 2 bridgehead atoms. The highest BCUT2D eigenvalue weighted by atomic mass is 19.1. The van der Waals surface area contributed by atoms with E-state index in [2.05, 4.69) is 0 Å². The summed E-state index contributed by atoms with van der Waals surface area (Å²) in [6.45, 7) is 0.745. The van der Waals surface area contributed by atoms with E-state index in [1.807, 2.05) is 36.4 Å². The predicted octanol–water partition coefficient (Wildman–Crippen LogP) is 3.28. The third-order valence-corrected chi connectivity index (χ3v) is 5.83. The molecule has 1 N–H and O–H groups in total. The second-order valence-corrected chi connectivity index (χ2v) is 7.87. The van der Waals surface area contributed by atoms with E-state index in [4.69, 9.17) is 14.7 Å². The molecule has 2 unspecified atom stereocenters. The first-order chi connectivity index (χ1) is 14.5. The summed E-state index contributed by atoms with van der Waals surface area (Å²) in [5.74, 6) is -0.506. The first-order valence-electron chi connectivity index (χ1n) is 9.95. The van der Waals surface area contributed by atoms with Crippen LogP contribution in [0.3, 0.4) is 0 Å². The highest BCUT2D eigenvalue weighted by Crippen LogP contribution is 2.41. The van der Waals surface area contributed by atoms with Crippen molar-refractivity contribution >= 4 is 6.09 Å². The van der Waals surface area contributed by atoms with Gasteiger partial charge in [0.15, 0.2) is 0 Å². The van der Waals surface area contributed by atoms with Crippen molar-refractivity contribution in [2.24, 2.45) is 0 Å². The molecule has 2 saturated heterocycles. The van der Waals surface area contributed by atoms with Gasteiger partial charge in [-0.3, -0.25) is 4.90 Å². The van der Waals surface area contributed by atoms with Gasteiger partial charge in [-0.15, -0.1) is 0 Å². The van der Waals surface area contributed by atoms with Crippen LogP contribution in [0.4, 0.5) is 9.18 Å². The van der Waals surface area contributed by atoms with Crippen LogP contribution in [0.2, 0.25) is 0 Å². The fourth-order valence-electron chi connectivity index (χ4n) is 4.37. The number of hydrogen-bond donors (Lipinski definition) is 1. The van der Waals surface area contributed by atoms with Crippen molar-refractivity contribution in [1.82, 2.24) is 4.90 Å². The van der Waals surface area contributed by atoms with Crippen molar-refractivity contribution in [3.8, 4) is 6.07 Å². The SMILES string of the molecule is N#CCc1ccc(C2(O)CC3COCC(C2)N3C(=O)OCc2ccccc2)cc1F. The minimum absolute atomic E-state index is 0.0232. The summed E-state index contributed by atoms with van der Waals surface area (Å²) in [7, 11) is 0. The van der Waals surface area contributed by atoms with Crippen LogP contribution in [0.5, 0.6) is 0 Å². The summed E-state index contributed by atoms with van der Waals surface area (Å²) in [6, 6.07) is 15.1. The van der Waals surface area contributed by atoms with Gasteiger partial charge < -0.3 is 14.6 Å². The molecule has 0 spiro atoms. The smallest absolute Gasteiger partial charge is 0.410 e. The van der Waals surface area contributed by atoms with Crippen LogP contribution in [0, 0.1) is 17.1 Å². The van der Waals surface area contributed by atoms with Gasteiger partial charge in [-0.2, -0.15) is 5.26 Å². The monoisotopic (exact) mass is 410 g/mol. The van der Waals surface area contributed by atoms with Gasteiger partial charge >= 0.3 is 6.09 Å². The predicted molar refractivity (Wildman–Crippen MR) is 106 cm³/mol. The minimum Gasteiger partial charge on any atom is -0.445 e. The van der Waals surface area contributed by atoms with E-state index < -0.39 is 17.5 Å². The summed E-state index contributed by atoms with van der Waals surface area (Å²) in [4.78, 5) is 14.4. The Morgan fingerprint density at radius 3 is 2.57 bits per heavy atom. The van der Waals surface area contributed by atoms with E-state index in [-0.39, 0.29) is 51.2 Å². The second-order valence-electron chi connectivity index (χ2n) is 7.87. The average Bonchev–Trinajstić information content (AvgIpc) is 2.73. The molecule has 4 rings (SSSR count). The molecule has 2 heterocycles. The number of halogens is 1. The Morgan fingerprint density at radius 2 is 1.93 bits per heavy atom. The number of nitriles is 1. The third kappa shape index (κ3) is 4.02. The van der Waals surface area contributed by atoms with Gasteiger partial charge in [0, 0.05) is 18.4 Å². The van der Waals surface area contributed by atoms with Crippen molar-refractivity contribution in [3.05, 3.63) is 71.0 Å². The number of hydrogen-bond acceptors (Lipinski definition) is 5. The zero-order chi connectivity index (χ0) is 21.1. The molecular formula is C23H23FN2O4. The standard InChI is InChI=1S/C23H23FN2O4/c24-21-10-18(7-6-17(21)8-9-25)23(28)11-19-14-29-15-20(12-23)26(19)22(27)30-13-16-4-2-1-3-5-16/h1-7,10,19-20,28H,8,11-15H2. The van der Waals surface area contributed by atoms with Gasteiger partial charge in [0.25, 0.3) is 0 Å². The summed E-state index contributed by atoms with van der Waals surface area (Å²) in [6.07, 6.45) is -0.0122. The molecule has 0 aliphatic carbocycles. The maximum absolute atomic E-state index is 14.3. The number of morpholine rings is 1. The molecule has 2 aromatic rings. The van der Waals surface area contributed by atoms with E-state index >= 15 is 0 Å². The molecule has 2 atom stereocenters. The fraction of sp³-hybridized carbons (Fsp3) is 0.391. The molecule has 2 aromatic carbocycles. The van der Waals surface area contributed by atoms with E-state index in [1.165, 1.54) is 6.07 Å². The lowest BCUT2D eigenvalue weighted by Crippen LogP contribution is -2.62. The Balaban J connectivity index is 1.49. The van der Waals surface area contributed by atoms with Gasteiger partial charge in [0.2, 0.25) is 0 Å². The quantitative estimate of drug-likeness (QED) is 0.837. The van der Waals surface area contributed by atoms with Gasteiger partial charge in [0.05, 0.1) is 43.4 Å². The maximum atomic E-state index is 14.3. The first-order valence-corrected chi connectivity index (χ1v) is 9.95. The van der Waals surface area contributed by atoms with Gasteiger partial charge in [0.1, 0.15) is 12.4 Å². The summed E-state index contributed by atoms with van der Waals surface area (Å²) < 4.78 is 25.5. The topological polar surface area (TPSA) is 82.8 Å². The molecule has 1 amide bonds. The van der Waals surface area contributed by atoms with Gasteiger partial charge in [-0.25, -0.2) is 9.18 Å². The molecule has 0 saturated carbocycles. The number of carbonyl (C=O) groups is 1. The third-order valence-electron chi connectivity index (χ3n) is 5.83. The number of benzene rings is 2. The normalized spacial score (nSPS) is 25.4. The van der Waals surface area contributed by atoms with Crippen LogP contribution >= 0.6 is 0 Å². The van der Waals surface area contributed by atoms with Crippen LogP contribution in [0.1, 0.15) is 29.5 Å². The van der Waals surface area contributed by atoms with Crippen molar-refractivity contribution in [3.63, 3.8) is 0 Å². The molecule has 0 aromatic heterocycles. The molecule has 6 nitrogen and oxygen atoms in total. The Hall–Kier alpha value is -2.95. The van der Waals surface area contributed by atoms with E-state index in [0.717, 1.165) is 5.56 Å². The molecule has 2 fully saturated rings. The summed E-state index contributed by atoms with van der Waals surface area (Å²) in [5, 5.41) is 20.1. The number of piperidine rings is 1. The molecule has 30 heavy (non-hydrogen) atoms. The molecular weight excluding hydrogens is 387 g/mol. The number of carbonyl (C=O) groups excluding carboxylic acids is 1. The number of aliphatic hydroxyl groups is 1. The number of ether oxygens (including phenoxy) is 2. The lowest BCUT2D eigenvalue weighted by molar-refractivity contribution is -0.137. The summed E-state index contributed by atoms with van der Waals surface area (Å²) >= 11 is 0. The molecule has 156 valence electrons. The van der Waals surface area contributed by atoms with E-state index in [9.17, 15) is 14.3 Å². The fourth-order valence-corrected chi connectivity index (χ4v) is 4.37. The summed E-state index contributed by atoms with van der Waals surface area (Å²) in [5.41, 5.74) is 0.376. The minimum atomic E-state index is -1.28. The van der Waals surface area contributed by atoms with Crippen molar-refractivity contribution in [1.29, 1.82) is 5.26 Å². The zero-order valence-electron chi connectivity index (χ0n) is 16.5. The van der Waals surface area contributed by atoms with Crippen LogP contribution in [-0.4, -0.2) is 41.4 Å². The van der Waals surface area contributed by atoms with Crippen molar-refractivity contribution in [2.45, 2.75) is 43.6 Å². The average molecular weight is 410 g/mol. The second kappa shape index (κ2) is 8.42. The first kappa shape index (κ1) is 20.3. The Bertz CT molecular complexity index is 945. The molecule has 0 radical (unpaired) electrons. The lowest BCUT2D eigenvalue weighted by atomic mass is 9.76. The molecule has 7 heteroatoms. The highest BCUT2D eigenvalue weighted by Gasteiger charge is 2.49. The van der Waals surface area contributed by atoms with Crippen LogP contribution in [0.25, 0.3) is 0 Å². The van der Waals surface area contributed by atoms with Gasteiger partial charge in [-0.05, 0) is 17.2 Å². The Labute approximate surface area is 174 Å². The van der Waals surface area contributed by atoms with Crippen molar-refractivity contribution < 1.29 is 23.8 Å². The lowest BCUT2D eigenvalue weighted by Gasteiger charge is -2.51. The van der Waals surface area contributed by atoms with Crippen LogP contribution in [0.15, 0.2) is 48.5 Å². The highest BCUT2D eigenvalue weighted by molar-refractivity contribution is 5.69. The van der Waals surface area contributed by atoms with Gasteiger partial charge in [-0.1, -0.05) is 42.5 Å². The number of amides is 1. The van der Waals surface area contributed by atoms with Crippen LogP contribution in [-0.2, 0) is 28.1 Å². The van der Waals surface area contributed by atoms with Crippen molar-refractivity contribution in [2.75, 3.05) is 13.2 Å². The van der Waals surface area contributed by atoms with E-state index in [1.54, 1.807) is 17.0 Å². The van der Waals surface area contributed by atoms with E-state index in [0.29, 0.717) is 11.1 Å². The number of nitrogens with zero attached hydrogens (tertiary/aromatic N) is 2. The Kier molecular flexibility index (Phi) is 5.71. The number of fused-ring (bicyclic) bond motifs is 2. The zero-order valence-corrected chi connectivity index (χ0v) is 16.5. The van der Waals surface area contributed by atoms with Crippen LogP contribution < -0.4 is 0 Å².